The van der Waals surface area contributed by atoms with Crippen LogP contribution in [0.4, 0.5) is 0 Å². The first kappa shape index (κ1) is 23.5. The van der Waals surface area contributed by atoms with E-state index >= 15 is 0 Å². The Morgan fingerprint density at radius 1 is 1.09 bits per heavy atom. The van der Waals surface area contributed by atoms with Gasteiger partial charge in [0.25, 0.3) is 0 Å². The molecule has 0 aromatic heterocycles. The molecular formula is C25H32O9. The van der Waals surface area contributed by atoms with Crippen LogP contribution in [-0.2, 0) is 28.8 Å². The molecule has 9 nitrogen and oxygen atoms in total. The normalized spacial score (nSPS) is 40.7. The van der Waals surface area contributed by atoms with Gasteiger partial charge in [0.1, 0.15) is 11.5 Å². The maximum atomic E-state index is 11.9. The van der Waals surface area contributed by atoms with E-state index < -0.39 is 35.9 Å². The molecule has 5 fully saturated rings. The van der Waals surface area contributed by atoms with E-state index in [1.165, 1.54) is 0 Å². The van der Waals surface area contributed by atoms with E-state index in [4.69, 9.17) is 33.8 Å². The fourth-order valence-corrected chi connectivity index (χ4v) is 6.14. The van der Waals surface area contributed by atoms with E-state index in [0.29, 0.717) is 11.7 Å². The minimum absolute atomic E-state index is 0.00248. The van der Waals surface area contributed by atoms with Gasteiger partial charge in [0.2, 0.25) is 12.1 Å². The summed E-state index contributed by atoms with van der Waals surface area (Å²) in [4.78, 5) is 34.6. The number of hydrogen-bond acceptors (Lipinski definition) is 8. The highest BCUT2D eigenvalue weighted by atomic mass is 17.3. The molecule has 9 heteroatoms. The molecule has 1 spiro atoms. The second kappa shape index (κ2) is 8.78. The molecule has 1 aromatic rings. The average Bonchev–Trinajstić information content (AvgIpc) is 3.02. The standard InChI is InChI=1S/C25H32O9/c1-14-7-8-19-15(2)22(31-23-25(19)18(14)11-12-24(3,32-23)33-34-25)30-17-6-4-5-16(13-17)29-21(28)10-9-20(26)27/h4-6,13-15,18-19,22-23H,7-12H2,1-3H3,(H,26,27)/t14-,15-,18?,19?,22+,23-,24+,25-/m1/s1. The molecule has 6 rings (SSSR count). The molecule has 4 heterocycles. The summed E-state index contributed by atoms with van der Waals surface area (Å²) in [6.07, 6.45) is 2.09. The molecule has 4 aliphatic heterocycles. The minimum Gasteiger partial charge on any atom is -0.481 e. The van der Waals surface area contributed by atoms with Gasteiger partial charge in [0.15, 0.2) is 11.9 Å². The molecule has 1 aliphatic carbocycles. The van der Waals surface area contributed by atoms with E-state index in [0.717, 1.165) is 25.7 Å². The first-order chi connectivity index (χ1) is 16.2. The van der Waals surface area contributed by atoms with Gasteiger partial charge in [-0.3, -0.25) is 9.59 Å². The van der Waals surface area contributed by atoms with Gasteiger partial charge in [0, 0.05) is 24.3 Å². The third-order valence-corrected chi connectivity index (χ3v) is 7.93. The molecule has 0 amide bonds. The first-order valence-corrected chi connectivity index (χ1v) is 12.1. The van der Waals surface area contributed by atoms with Crippen LogP contribution >= 0.6 is 0 Å². The number of carbonyl (C=O) groups excluding carboxylic acids is 1. The fraction of sp³-hybridized carbons (Fsp3) is 0.680. The predicted molar refractivity (Wildman–Crippen MR) is 116 cm³/mol. The molecule has 186 valence electrons. The van der Waals surface area contributed by atoms with Crippen molar-refractivity contribution in [3.63, 3.8) is 0 Å². The van der Waals surface area contributed by atoms with Crippen molar-refractivity contribution in [1.82, 2.24) is 0 Å². The van der Waals surface area contributed by atoms with Crippen LogP contribution in [0.25, 0.3) is 0 Å². The highest BCUT2D eigenvalue weighted by Crippen LogP contribution is 2.60. The number of carboxylic acids is 1. The van der Waals surface area contributed by atoms with Crippen LogP contribution < -0.4 is 9.47 Å². The molecule has 8 atom stereocenters. The number of esters is 1. The van der Waals surface area contributed by atoms with Crippen LogP contribution in [-0.4, -0.2) is 41.0 Å². The van der Waals surface area contributed by atoms with Crippen molar-refractivity contribution in [2.75, 3.05) is 0 Å². The van der Waals surface area contributed by atoms with Crippen molar-refractivity contribution in [3.05, 3.63) is 24.3 Å². The molecular weight excluding hydrogens is 444 g/mol. The lowest BCUT2D eigenvalue weighted by atomic mass is 9.58. The summed E-state index contributed by atoms with van der Waals surface area (Å²) in [6, 6.07) is 6.70. The number of ether oxygens (including phenoxy) is 4. The lowest BCUT2D eigenvalue weighted by Gasteiger charge is -2.60. The van der Waals surface area contributed by atoms with Gasteiger partial charge in [-0.05, 0) is 50.2 Å². The van der Waals surface area contributed by atoms with Crippen molar-refractivity contribution < 1.29 is 43.4 Å². The Labute approximate surface area is 198 Å². The Kier molecular flexibility index (Phi) is 6.08. The third-order valence-electron chi connectivity index (χ3n) is 7.93. The van der Waals surface area contributed by atoms with E-state index in [2.05, 4.69) is 13.8 Å². The Morgan fingerprint density at radius 2 is 1.88 bits per heavy atom. The summed E-state index contributed by atoms with van der Waals surface area (Å²) in [6.45, 7) is 6.26. The van der Waals surface area contributed by atoms with Gasteiger partial charge in [-0.25, -0.2) is 9.78 Å². The fourth-order valence-electron chi connectivity index (χ4n) is 6.14. The predicted octanol–water partition coefficient (Wildman–Crippen LogP) is 4.04. The maximum Gasteiger partial charge on any atom is 0.311 e. The summed E-state index contributed by atoms with van der Waals surface area (Å²) in [7, 11) is 0. The largest absolute Gasteiger partial charge is 0.481 e. The number of aliphatic carboxylic acids is 1. The SMILES string of the molecule is C[C@@H]1CCC2[C@@H](C)[C@@H](Oc3cccc(OC(=O)CCC(=O)O)c3)O[C@@H]3O[C@]4(C)CCC1[C@@]23OO4. The van der Waals surface area contributed by atoms with Crippen LogP contribution in [0.3, 0.4) is 0 Å². The minimum atomic E-state index is -1.05. The lowest BCUT2D eigenvalue weighted by Crippen LogP contribution is -2.70. The number of carbonyl (C=O) groups is 2. The van der Waals surface area contributed by atoms with E-state index in [9.17, 15) is 9.59 Å². The van der Waals surface area contributed by atoms with E-state index in [-0.39, 0.29) is 36.3 Å². The van der Waals surface area contributed by atoms with Gasteiger partial charge in [0.05, 0.1) is 12.8 Å². The van der Waals surface area contributed by atoms with Crippen molar-refractivity contribution >= 4 is 11.9 Å². The Balaban J connectivity index is 1.34. The topological polar surface area (TPSA) is 110 Å². The summed E-state index contributed by atoms with van der Waals surface area (Å²) >= 11 is 0. The van der Waals surface area contributed by atoms with Crippen LogP contribution in [0.2, 0.25) is 0 Å². The van der Waals surface area contributed by atoms with Crippen LogP contribution in [0.15, 0.2) is 24.3 Å². The summed E-state index contributed by atoms with van der Waals surface area (Å²) in [5.74, 6) is -0.851. The number of hydrogen-bond donors (Lipinski definition) is 1. The molecule has 4 saturated heterocycles. The number of carboxylic acid groups (broad SMARTS) is 1. The van der Waals surface area contributed by atoms with Crippen LogP contribution in [0, 0.1) is 23.7 Å². The summed E-state index contributed by atoms with van der Waals surface area (Å²) in [5.41, 5.74) is -0.658. The van der Waals surface area contributed by atoms with Gasteiger partial charge >= 0.3 is 11.9 Å². The molecule has 1 saturated carbocycles. The monoisotopic (exact) mass is 476 g/mol. The Hall–Kier alpha value is -2.20. The van der Waals surface area contributed by atoms with Gasteiger partial charge in [-0.2, -0.15) is 0 Å². The zero-order valence-electron chi connectivity index (χ0n) is 19.7. The quantitative estimate of drug-likeness (QED) is 0.369. The van der Waals surface area contributed by atoms with Crippen molar-refractivity contribution in [2.24, 2.45) is 23.7 Å². The molecule has 34 heavy (non-hydrogen) atoms. The molecule has 1 aromatic carbocycles. The summed E-state index contributed by atoms with van der Waals surface area (Å²) < 4.78 is 24.3. The molecule has 1 N–H and O–H groups in total. The van der Waals surface area contributed by atoms with Crippen molar-refractivity contribution in [2.45, 2.75) is 83.3 Å². The van der Waals surface area contributed by atoms with Crippen LogP contribution in [0.1, 0.15) is 59.3 Å². The molecule has 2 bridgehead atoms. The Bertz CT molecular complexity index is 950. The summed E-state index contributed by atoms with van der Waals surface area (Å²) in [5, 5.41) is 8.74. The number of fused-ring (bicyclic) bond motifs is 2. The molecule has 2 unspecified atom stereocenters. The average molecular weight is 477 g/mol. The maximum absolute atomic E-state index is 11.9. The number of benzene rings is 1. The van der Waals surface area contributed by atoms with Crippen molar-refractivity contribution in [1.29, 1.82) is 0 Å². The second-order valence-corrected chi connectivity index (χ2v) is 10.2. The van der Waals surface area contributed by atoms with Gasteiger partial charge in [-0.1, -0.05) is 19.9 Å². The number of rotatable bonds is 6. The smallest absolute Gasteiger partial charge is 0.311 e. The van der Waals surface area contributed by atoms with Crippen molar-refractivity contribution in [3.8, 4) is 11.5 Å². The third kappa shape index (κ3) is 4.08. The zero-order valence-corrected chi connectivity index (χ0v) is 19.7. The lowest BCUT2D eigenvalue weighted by molar-refractivity contribution is -0.575. The molecule has 0 radical (unpaired) electrons. The zero-order chi connectivity index (χ0) is 24.1. The van der Waals surface area contributed by atoms with E-state index in [1.54, 1.807) is 24.3 Å². The first-order valence-electron chi connectivity index (χ1n) is 12.1. The van der Waals surface area contributed by atoms with Crippen LogP contribution in [0.5, 0.6) is 11.5 Å². The van der Waals surface area contributed by atoms with E-state index in [1.807, 2.05) is 6.92 Å². The Morgan fingerprint density at radius 3 is 2.68 bits per heavy atom. The van der Waals surface area contributed by atoms with Gasteiger partial charge < -0.3 is 24.1 Å². The molecule has 5 aliphatic rings. The van der Waals surface area contributed by atoms with Gasteiger partial charge in [-0.15, -0.1) is 0 Å². The highest BCUT2D eigenvalue weighted by molar-refractivity contribution is 5.78. The second-order valence-electron chi connectivity index (χ2n) is 10.2. The highest BCUT2D eigenvalue weighted by Gasteiger charge is 2.69.